The van der Waals surface area contributed by atoms with E-state index < -0.39 is 60.4 Å². The zero-order valence-electron chi connectivity index (χ0n) is 13.6. The van der Waals surface area contributed by atoms with E-state index in [2.05, 4.69) is 5.32 Å². The Morgan fingerprint density at radius 2 is 1.52 bits per heavy atom. The molecule has 0 aromatic rings. The van der Waals surface area contributed by atoms with E-state index in [9.17, 15) is 24.0 Å². The second-order valence-corrected chi connectivity index (χ2v) is 5.15. The molecule has 0 saturated heterocycles. The number of primary amides is 1. The number of aliphatic hydroxyl groups is 1. The minimum atomic E-state index is -1.48. The lowest BCUT2D eigenvalue weighted by Crippen LogP contribution is -2.59. The van der Waals surface area contributed by atoms with E-state index in [4.69, 9.17) is 21.7 Å². The zero-order valence-corrected chi connectivity index (χ0v) is 13.6. The number of carbonyl (C=O) groups excluding carboxylic acids is 4. The van der Waals surface area contributed by atoms with E-state index in [0.717, 1.165) is 0 Å². The fourth-order valence-corrected chi connectivity index (χ4v) is 1.38. The summed E-state index contributed by atoms with van der Waals surface area (Å²) < 4.78 is 0. The van der Waals surface area contributed by atoms with E-state index in [1.165, 1.54) is 13.8 Å². The topological polar surface area (TPSA) is 226 Å². The summed E-state index contributed by atoms with van der Waals surface area (Å²) in [5, 5.41) is 21.9. The van der Waals surface area contributed by atoms with Crippen LogP contribution < -0.4 is 33.0 Å². The van der Waals surface area contributed by atoms with Gasteiger partial charge < -0.3 is 32.3 Å². The molecule has 0 aliphatic heterocycles. The van der Waals surface area contributed by atoms with Gasteiger partial charge >= 0.3 is 12.0 Å². The number of urea groups is 1. The minimum Gasteiger partial charge on any atom is -0.480 e. The number of amides is 5. The van der Waals surface area contributed by atoms with Crippen LogP contribution in [0.15, 0.2) is 0 Å². The Balaban J connectivity index is 4.77. The van der Waals surface area contributed by atoms with Gasteiger partial charge in [0.15, 0.2) is 0 Å². The smallest absolute Gasteiger partial charge is 0.325 e. The number of hydrogen-bond donors (Lipinski definition) is 8. The lowest BCUT2D eigenvalue weighted by atomic mass is 10.2. The predicted molar refractivity (Wildman–Crippen MR) is 82.3 cm³/mol. The Morgan fingerprint density at radius 1 is 1.00 bits per heavy atom. The van der Waals surface area contributed by atoms with E-state index in [0.29, 0.717) is 0 Å². The van der Waals surface area contributed by atoms with Gasteiger partial charge in [0.2, 0.25) is 5.91 Å². The molecule has 0 aromatic heterocycles. The largest absolute Gasteiger partial charge is 0.480 e. The third kappa shape index (κ3) is 8.47. The number of carbonyl (C=O) groups is 5. The van der Waals surface area contributed by atoms with Gasteiger partial charge in [0.05, 0.1) is 12.5 Å². The number of hydrazine groups is 1. The number of aliphatic carboxylic acids is 1. The molecule has 142 valence electrons. The summed E-state index contributed by atoms with van der Waals surface area (Å²) >= 11 is 0. The highest BCUT2D eigenvalue weighted by molar-refractivity contribution is 5.93. The molecule has 0 aromatic carbocycles. The number of aliphatic hydroxyl groups excluding tert-OH is 1. The first-order valence-electron chi connectivity index (χ1n) is 7.07. The number of nitrogens with one attached hydrogen (secondary N) is 4. The van der Waals surface area contributed by atoms with Crippen molar-refractivity contribution in [2.75, 3.05) is 0 Å². The van der Waals surface area contributed by atoms with E-state index >= 15 is 0 Å². The molecule has 4 atom stereocenters. The molecule has 0 rings (SSSR count). The molecule has 13 heteroatoms. The summed E-state index contributed by atoms with van der Waals surface area (Å²) in [6, 6.07) is -5.09. The SMILES string of the molecule is CC(O)[C@H](N)C(=O)NNC(=O)[C@H](CC(N)=O)NC(=O)N[C@@H](C)C(=O)O. The Hall–Kier alpha value is -2.93. The van der Waals surface area contributed by atoms with Gasteiger partial charge in [0.1, 0.15) is 18.1 Å². The molecule has 5 amide bonds. The van der Waals surface area contributed by atoms with Crippen molar-refractivity contribution in [3.63, 3.8) is 0 Å². The second kappa shape index (κ2) is 10.0. The van der Waals surface area contributed by atoms with Crippen molar-refractivity contribution in [3.8, 4) is 0 Å². The van der Waals surface area contributed by atoms with E-state index in [1.54, 1.807) is 0 Å². The molecule has 0 saturated carbocycles. The Bertz CT molecular complexity index is 538. The average Bonchev–Trinajstić information content (AvgIpc) is 2.49. The van der Waals surface area contributed by atoms with Gasteiger partial charge in [-0.2, -0.15) is 0 Å². The van der Waals surface area contributed by atoms with Crippen molar-refractivity contribution >= 4 is 29.7 Å². The Morgan fingerprint density at radius 3 is 1.96 bits per heavy atom. The highest BCUT2D eigenvalue weighted by Crippen LogP contribution is 1.93. The molecule has 0 bridgehead atoms. The minimum absolute atomic E-state index is 0.612. The van der Waals surface area contributed by atoms with Crippen LogP contribution in [-0.4, -0.2) is 64.2 Å². The maximum Gasteiger partial charge on any atom is 0.325 e. The van der Waals surface area contributed by atoms with Gasteiger partial charge in [-0.1, -0.05) is 0 Å². The van der Waals surface area contributed by atoms with Crippen molar-refractivity contribution in [1.29, 1.82) is 0 Å². The molecule has 0 aliphatic carbocycles. The summed E-state index contributed by atoms with van der Waals surface area (Å²) in [4.78, 5) is 56.7. The summed E-state index contributed by atoms with van der Waals surface area (Å²) in [6.07, 6.45) is -1.79. The van der Waals surface area contributed by atoms with Crippen LogP contribution >= 0.6 is 0 Å². The van der Waals surface area contributed by atoms with Crippen LogP contribution in [0, 0.1) is 0 Å². The molecule has 0 fully saturated rings. The fourth-order valence-electron chi connectivity index (χ4n) is 1.38. The highest BCUT2D eigenvalue weighted by atomic mass is 16.4. The van der Waals surface area contributed by atoms with E-state index in [-0.39, 0.29) is 0 Å². The molecular formula is C12H22N6O7. The van der Waals surface area contributed by atoms with E-state index in [1.807, 2.05) is 16.2 Å². The lowest BCUT2D eigenvalue weighted by Gasteiger charge is -2.20. The summed E-state index contributed by atoms with van der Waals surface area (Å²) in [5.41, 5.74) is 14.1. The molecule has 13 nitrogen and oxygen atoms in total. The van der Waals surface area contributed by atoms with Crippen molar-refractivity contribution < 1.29 is 34.2 Å². The first-order chi connectivity index (χ1) is 11.5. The van der Waals surface area contributed by atoms with Gasteiger partial charge in [0.25, 0.3) is 11.8 Å². The normalized spacial score (nSPS) is 15.0. The van der Waals surface area contributed by atoms with Crippen molar-refractivity contribution in [3.05, 3.63) is 0 Å². The number of carboxylic acid groups (broad SMARTS) is 1. The molecule has 1 unspecified atom stereocenters. The standard InChI is InChI=1S/C12H22N6O7/c1-4(11(23)24)15-12(25)16-6(3-7(13)20)9(21)17-18-10(22)8(14)5(2)19/h4-6,8,19H,3,14H2,1-2H3,(H2,13,20)(H,17,21)(H,18,22)(H,23,24)(H2,15,16,25)/t4-,5?,6-,8-/m0/s1. The van der Waals surface area contributed by atoms with Gasteiger partial charge in [-0.05, 0) is 13.8 Å². The molecule has 0 heterocycles. The zero-order chi connectivity index (χ0) is 19.7. The fraction of sp³-hybridized carbons (Fsp3) is 0.583. The summed E-state index contributed by atoms with van der Waals surface area (Å²) in [6.45, 7) is 2.44. The molecule has 0 aliphatic rings. The van der Waals surface area contributed by atoms with Gasteiger partial charge in [-0.3, -0.25) is 30.0 Å². The molecule has 10 N–H and O–H groups in total. The Labute approximate surface area is 142 Å². The number of carboxylic acids is 1. The van der Waals surface area contributed by atoms with Crippen LogP contribution in [0.1, 0.15) is 20.3 Å². The van der Waals surface area contributed by atoms with Gasteiger partial charge in [-0.15, -0.1) is 0 Å². The third-order valence-electron chi connectivity index (χ3n) is 2.88. The molecule has 0 radical (unpaired) electrons. The third-order valence-corrected chi connectivity index (χ3v) is 2.88. The van der Waals surface area contributed by atoms with Crippen molar-refractivity contribution in [2.45, 2.75) is 44.5 Å². The maximum absolute atomic E-state index is 11.9. The quantitative estimate of drug-likeness (QED) is 0.197. The highest BCUT2D eigenvalue weighted by Gasteiger charge is 2.26. The number of rotatable bonds is 8. The first kappa shape index (κ1) is 22.1. The maximum atomic E-state index is 11.9. The van der Waals surface area contributed by atoms with Gasteiger partial charge in [0, 0.05) is 0 Å². The van der Waals surface area contributed by atoms with Crippen LogP contribution in [0.25, 0.3) is 0 Å². The van der Waals surface area contributed by atoms with Crippen molar-refractivity contribution in [2.24, 2.45) is 11.5 Å². The van der Waals surface area contributed by atoms with Crippen molar-refractivity contribution in [1.82, 2.24) is 21.5 Å². The second-order valence-electron chi connectivity index (χ2n) is 5.15. The van der Waals surface area contributed by atoms with Crippen LogP contribution in [0.5, 0.6) is 0 Å². The first-order valence-corrected chi connectivity index (χ1v) is 7.07. The number of nitrogens with two attached hydrogens (primary N) is 2. The van der Waals surface area contributed by atoms with Crippen LogP contribution in [0.3, 0.4) is 0 Å². The number of hydrogen-bond acceptors (Lipinski definition) is 7. The Kier molecular flexibility index (Phi) is 8.87. The van der Waals surface area contributed by atoms with Crippen LogP contribution in [0.2, 0.25) is 0 Å². The molecule has 0 spiro atoms. The van der Waals surface area contributed by atoms with Crippen LogP contribution in [0.4, 0.5) is 4.79 Å². The monoisotopic (exact) mass is 362 g/mol. The molecule has 25 heavy (non-hydrogen) atoms. The van der Waals surface area contributed by atoms with Gasteiger partial charge in [-0.25, -0.2) is 4.79 Å². The predicted octanol–water partition coefficient (Wildman–Crippen LogP) is -4.14. The summed E-state index contributed by atoms with van der Waals surface area (Å²) in [5.74, 6) is -4.17. The average molecular weight is 362 g/mol. The lowest BCUT2D eigenvalue weighted by molar-refractivity contribution is -0.138. The molecular weight excluding hydrogens is 340 g/mol. The summed E-state index contributed by atoms with van der Waals surface area (Å²) in [7, 11) is 0. The van der Waals surface area contributed by atoms with Crippen LogP contribution in [-0.2, 0) is 19.2 Å².